The maximum Gasteiger partial charge on any atom is 0.222 e. The number of aromatic nitrogens is 2. The van der Waals surface area contributed by atoms with E-state index in [0.717, 1.165) is 60.6 Å². The number of carbonyl (C=O) groups is 1. The van der Waals surface area contributed by atoms with Crippen LogP contribution in [0.4, 0.5) is 0 Å². The number of para-hydroxylation sites is 2. The number of carbonyl (C=O) groups excluding carboxylic acids is 1. The molecule has 6 nitrogen and oxygen atoms in total. The molecule has 0 fully saturated rings. The topological polar surface area (TPSA) is 65.4 Å². The van der Waals surface area contributed by atoms with Crippen LogP contribution in [0.3, 0.4) is 0 Å². The zero-order chi connectivity index (χ0) is 22.1. The van der Waals surface area contributed by atoms with Gasteiger partial charge in [-0.2, -0.15) is 0 Å². The van der Waals surface area contributed by atoms with Gasteiger partial charge in [-0.05, 0) is 43.5 Å². The second kappa shape index (κ2) is 11.4. The van der Waals surface area contributed by atoms with Gasteiger partial charge in [0, 0.05) is 31.5 Å². The van der Waals surface area contributed by atoms with Crippen LogP contribution in [-0.2, 0) is 17.8 Å². The Kier molecular flexibility index (Phi) is 8.33. The lowest BCUT2D eigenvalue weighted by molar-refractivity contribution is -0.123. The van der Waals surface area contributed by atoms with E-state index in [1.165, 1.54) is 0 Å². The summed E-state index contributed by atoms with van der Waals surface area (Å²) < 4.78 is 13.4. The molecule has 1 aromatic heterocycles. The Labute approximate surface area is 184 Å². The average Bonchev–Trinajstić information content (AvgIpc) is 3.13. The van der Waals surface area contributed by atoms with Gasteiger partial charge in [-0.1, -0.05) is 32.0 Å². The Morgan fingerprint density at radius 3 is 2.68 bits per heavy atom. The second-order valence-electron chi connectivity index (χ2n) is 7.95. The summed E-state index contributed by atoms with van der Waals surface area (Å²) in [7, 11) is 1.66. The molecular weight excluding hydrogens is 390 g/mol. The Hall–Kier alpha value is -3.02. The molecule has 1 heterocycles. The van der Waals surface area contributed by atoms with E-state index in [-0.39, 0.29) is 11.8 Å². The molecule has 0 aliphatic rings. The first-order chi connectivity index (χ1) is 15.1. The predicted octanol–water partition coefficient (Wildman–Crippen LogP) is 4.61. The molecular formula is C25H33N3O3. The van der Waals surface area contributed by atoms with E-state index in [2.05, 4.69) is 28.1 Å². The summed E-state index contributed by atoms with van der Waals surface area (Å²) in [6.45, 7) is 6.06. The number of methoxy groups -OCH3 is 1. The molecule has 0 aliphatic heterocycles. The number of aryl methyl sites for hydroxylation is 2. The van der Waals surface area contributed by atoms with Gasteiger partial charge in [0.1, 0.15) is 17.3 Å². The van der Waals surface area contributed by atoms with Crippen LogP contribution in [-0.4, -0.2) is 35.7 Å². The minimum Gasteiger partial charge on any atom is -0.497 e. The highest BCUT2D eigenvalue weighted by atomic mass is 16.5. The van der Waals surface area contributed by atoms with Gasteiger partial charge in [-0.3, -0.25) is 4.79 Å². The number of imidazole rings is 1. The lowest BCUT2D eigenvalue weighted by atomic mass is 10.2. The van der Waals surface area contributed by atoms with Crippen LogP contribution >= 0.6 is 0 Å². The largest absolute Gasteiger partial charge is 0.497 e. The van der Waals surface area contributed by atoms with Crippen molar-refractivity contribution in [1.29, 1.82) is 0 Å². The molecule has 166 valence electrons. The molecule has 0 saturated heterocycles. The molecule has 0 unspecified atom stereocenters. The first-order valence-corrected chi connectivity index (χ1v) is 11.1. The molecule has 6 heteroatoms. The Bertz CT molecular complexity index is 981. The van der Waals surface area contributed by atoms with E-state index in [1.807, 2.05) is 44.2 Å². The number of benzene rings is 2. The molecule has 3 rings (SSSR count). The van der Waals surface area contributed by atoms with E-state index in [4.69, 9.17) is 14.5 Å². The first kappa shape index (κ1) is 22.7. The molecule has 0 radical (unpaired) electrons. The fourth-order valence-corrected chi connectivity index (χ4v) is 3.48. The van der Waals surface area contributed by atoms with E-state index >= 15 is 0 Å². The second-order valence-corrected chi connectivity index (χ2v) is 7.95. The Morgan fingerprint density at radius 2 is 1.87 bits per heavy atom. The van der Waals surface area contributed by atoms with Gasteiger partial charge >= 0.3 is 0 Å². The summed E-state index contributed by atoms with van der Waals surface area (Å²) in [4.78, 5) is 16.6. The first-order valence-electron chi connectivity index (χ1n) is 11.1. The third-order valence-corrected chi connectivity index (χ3v) is 5.22. The summed E-state index contributed by atoms with van der Waals surface area (Å²) in [6.07, 6.45) is 3.67. The van der Waals surface area contributed by atoms with Crippen LogP contribution in [0.5, 0.6) is 11.5 Å². The van der Waals surface area contributed by atoms with Gasteiger partial charge < -0.3 is 19.4 Å². The van der Waals surface area contributed by atoms with Crippen molar-refractivity contribution in [2.24, 2.45) is 5.92 Å². The lowest BCUT2D eigenvalue weighted by Crippen LogP contribution is -2.28. The molecule has 3 aromatic rings. The number of rotatable bonds is 12. The Morgan fingerprint density at radius 1 is 1.06 bits per heavy atom. The average molecular weight is 424 g/mol. The normalized spacial score (nSPS) is 11.1. The van der Waals surface area contributed by atoms with Crippen molar-refractivity contribution < 1.29 is 14.3 Å². The number of fused-ring (bicyclic) bond motifs is 1. The predicted molar refractivity (Wildman–Crippen MR) is 124 cm³/mol. The van der Waals surface area contributed by atoms with Crippen molar-refractivity contribution in [1.82, 2.24) is 14.9 Å². The van der Waals surface area contributed by atoms with E-state index in [9.17, 15) is 4.79 Å². The van der Waals surface area contributed by atoms with Crippen LogP contribution in [0.25, 0.3) is 11.0 Å². The van der Waals surface area contributed by atoms with Crippen LogP contribution < -0.4 is 14.8 Å². The van der Waals surface area contributed by atoms with Gasteiger partial charge in [0.05, 0.1) is 24.8 Å². The molecule has 0 atom stereocenters. The number of nitrogens with zero attached hydrogens (tertiary/aromatic N) is 2. The van der Waals surface area contributed by atoms with Gasteiger partial charge in [-0.15, -0.1) is 0 Å². The van der Waals surface area contributed by atoms with E-state index in [0.29, 0.717) is 13.2 Å². The van der Waals surface area contributed by atoms with Crippen LogP contribution in [0.15, 0.2) is 48.5 Å². The highest BCUT2D eigenvalue weighted by Crippen LogP contribution is 2.20. The molecule has 2 aromatic carbocycles. The fraction of sp³-hybridized carbons (Fsp3) is 0.440. The molecule has 0 aliphatic carbocycles. The summed E-state index contributed by atoms with van der Waals surface area (Å²) >= 11 is 0. The van der Waals surface area contributed by atoms with E-state index < -0.39 is 0 Å². The highest BCUT2D eigenvalue weighted by molar-refractivity contribution is 5.77. The maximum absolute atomic E-state index is 11.8. The molecule has 0 saturated carbocycles. The number of unbranched alkanes of at least 4 members (excludes halogenated alkanes) is 1. The van der Waals surface area contributed by atoms with Crippen molar-refractivity contribution >= 4 is 16.9 Å². The summed E-state index contributed by atoms with van der Waals surface area (Å²) in [5.74, 6) is 2.83. The fourth-order valence-electron chi connectivity index (χ4n) is 3.48. The van der Waals surface area contributed by atoms with Gasteiger partial charge in [-0.25, -0.2) is 4.98 Å². The summed E-state index contributed by atoms with van der Waals surface area (Å²) in [5, 5.41) is 2.99. The number of amides is 1. The van der Waals surface area contributed by atoms with Crippen LogP contribution in [0.1, 0.15) is 38.9 Å². The lowest BCUT2D eigenvalue weighted by Gasteiger charge is -2.11. The number of hydrogen-bond donors (Lipinski definition) is 1. The zero-order valence-corrected chi connectivity index (χ0v) is 18.8. The van der Waals surface area contributed by atoms with Crippen molar-refractivity contribution in [3.63, 3.8) is 0 Å². The minimum atomic E-state index is 0.0174. The van der Waals surface area contributed by atoms with Gasteiger partial charge in [0.2, 0.25) is 5.91 Å². The molecule has 0 spiro atoms. The standard InChI is InChI=1S/C25H33N3O3/c1-19(2)25(29)26-15-9-14-24-27-22-12-4-5-13-23(22)28(24)16-6-7-17-31-21-11-8-10-20(18-21)30-3/h4-5,8,10-13,18-19H,6-7,9,14-17H2,1-3H3,(H,26,29). The van der Waals surface area contributed by atoms with Gasteiger partial charge in [0.25, 0.3) is 0 Å². The number of ether oxygens (including phenoxy) is 2. The third-order valence-electron chi connectivity index (χ3n) is 5.22. The smallest absolute Gasteiger partial charge is 0.222 e. The molecule has 31 heavy (non-hydrogen) atoms. The summed E-state index contributed by atoms with van der Waals surface area (Å²) in [6, 6.07) is 15.9. The molecule has 1 N–H and O–H groups in total. The number of nitrogens with one attached hydrogen (secondary N) is 1. The SMILES string of the molecule is COc1cccc(OCCCCn2c(CCCNC(=O)C(C)C)nc3ccccc32)c1. The van der Waals surface area contributed by atoms with Crippen molar-refractivity contribution in [2.75, 3.05) is 20.3 Å². The number of hydrogen-bond acceptors (Lipinski definition) is 4. The van der Waals surface area contributed by atoms with Gasteiger partial charge in [0.15, 0.2) is 0 Å². The van der Waals surface area contributed by atoms with E-state index in [1.54, 1.807) is 7.11 Å². The van der Waals surface area contributed by atoms with Crippen molar-refractivity contribution in [3.05, 3.63) is 54.4 Å². The quantitative estimate of drug-likeness (QED) is 0.432. The minimum absolute atomic E-state index is 0.0174. The molecule has 0 bridgehead atoms. The monoisotopic (exact) mass is 423 g/mol. The van der Waals surface area contributed by atoms with Crippen molar-refractivity contribution in [3.8, 4) is 11.5 Å². The third kappa shape index (κ3) is 6.48. The maximum atomic E-state index is 11.8. The molecule has 1 amide bonds. The summed E-state index contributed by atoms with van der Waals surface area (Å²) in [5.41, 5.74) is 2.19. The zero-order valence-electron chi connectivity index (χ0n) is 18.8. The van der Waals surface area contributed by atoms with Crippen LogP contribution in [0, 0.1) is 5.92 Å². The van der Waals surface area contributed by atoms with Crippen LogP contribution in [0.2, 0.25) is 0 Å². The highest BCUT2D eigenvalue weighted by Gasteiger charge is 2.11. The Balaban J connectivity index is 1.52. The van der Waals surface area contributed by atoms with Crippen molar-refractivity contribution in [2.45, 2.75) is 46.1 Å².